The molecule has 9 heavy (non-hydrogen) atoms. The zero-order chi connectivity index (χ0) is 7.28. The summed E-state index contributed by atoms with van der Waals surface area (Å²) in [6.07, 6.45) is 0.176. The molecule has 1 unspecified atom stereocenters. The zero-order valence-electron chi connectivity index (χ0n) is 6.55. The Balaban J connectivity index is 3.68. The predicted octanol–water partition coefficient (Wildman–Crippen LogP) is 1.27. The number of hydrogen-bond acceptors (Lipinski definition) is 3. The number of azo groups is 1. The van der Waals surface area contributed by atoms with Crippen molar-refractivity contribution in [2.75, 3.05) is 14.1 Å². The molecule has 0 bridgehead atoms. The van der Waals surface area contributed by atoms with Crippen molar-refractivity contribution in [3.05, 3.63) is 0 Å². The molecule has 1 N–H and O–H groups in total. The third kappa shape index (κ3) is 3.19. The van der Waals surface area contributed by atoms with Crippen molar-refractivity contribution in [1.82, 2.24) is 5.32 Å². The minimum atomic E-state index is 0.176. The van der Waals surface area contributed by atoms with Crippen LogP contribution in [0.5, 0.6) is 0 Å². The highest BCUT2D eigenvalue weighted by atomic mass is 15.2. The molecule has 1 atom stereocenters. The first-order valence-electron chi connectivity index (χ1n) is 3.18. The van der Waals surface area contributed by atoms with Gasteiger partial charge in [0.15, 0.2) is 0 Å². The Bertz CT molecular complexity index is 88.3. The van der Waals surface area contributed by atoms with Crippen LogP contribution < -0.4 is 5.32 Å². The van der Waals surface area contributed by atoms with Crippen molar-refractivity contribution in [3.8, 4) is 0 Å². The lowest BCUT2D eigenvalue weighted by Gasteiger charge is -2.12. The molecule has 0 aliphatic heterocycles. The highest BCUT2D eigenvalue weighted by molar-refractivity contribution is 4.61. The van der Waals surface area contributed by atoms with Crippen molar-refractivity contribution in [1.29, 1.82) is 0 Å². The van der Waals surface area contributed by atoms with Crippen molar-refractivity contribution in [2.45, 2.75) is 20.0 Å². The van der Waals surface area contributed by atoms with E-state index in [1.54, 1.807) is 7.05 Å². The monoisotopic (exact) mass is 129 g/mol. The minimum absolute atomic E-state index is 0.176. The number of nitrogens with zero attached hydrogens (tertiary/aromatic N) is 2. The second-order valence-electron chi connectivity index (χ2n) is 2.29. The summed E-state index contributed by atoms with van der Waals surface area (Å²) < 4.78 is 0. The molecular weight excluding hydrogens is 114 g/mol. The molecule has 0 rings (SSSR count). The van der Waals surface area contributed by atoms with E-state index in [1.165, 1.54) is 0 Å². The molecule has 0 heterocycles. The average molecular weight is 129 g/mol. The largest absolute Gasteiger partial charge is 0.297 e. The van der Waals surface area contributed by atoms with E-state index in [0.29, 0.717) is 5.92 Å². The molecule has 0 saturated carbocycles. The molecule has 54 valence electrons. The van der Waals surface area contributed by atoms with Crippen LogP contribution in [0.25, 0.3) is 0 Å². The molecule has 0 amide bonds. The van der Waals surface area contributed by atoms with Crippen LogP contribution in [-0.4, -0.2) is 20.3 Å². The molecule has 3 nitrogen and oxygen atoms in total. The third-order valence-corrected chi connectivity index (χ3v) is 1.17. The molecule has 0 aliphatic rings. The van der Waals surface area contributed by atoms with Crippen LogP contribution in [0.3, 0.4) is 0 Å². The molecule has 0 fully saturated rings. The first-order chi connectivity index (χ1) is 4.22. The van der Waals surface area contributed by atoms with E-state index in [2.05, 4.69) is 29.4 Å². The van der Waals surface area contributed by atoms with Crippen molar-refractivity contribution < 1.29 is 0 Å². The highest BCUT2D eigenvalue weighted by Crippen LogP contribution is 2.01. The average Bonchev–Trinajstić information content (AvgIpc) is 1.82. The van der Waals surface area contributed by atoms with Gasteiger partial charge in [-0.15, -0.1) is 0 Å². The van der Waals surface area contributed by atoms with Gasteiger partial charge in [-0.25, -0.2) is 0 Å². The molecular formula is C6H15N3. The first kappa shape index (κ1) is 8.56. The summed E-state index contributed by atoms with van der Waals surface area (Å²) >= 11 is 0. The van der Waals surface area contributed by atoms with E-state index in [-0.39, 0.29) is 6.17 Å². The van der Waals surface area contributed by atoms with Gasteiger partial charge in [0.1, 0.15) is 6.17 Å². The first-order valence-corrected chi connectivity index (χ1v) is 3.18. The minimum Gasteiger partial charge on any atom is -0.297 e. The fourth-order valence-corrected chi connectivity index (χ4v) is 0.649. The van der Waals surface area contributed by atoms with Crippen molar-refractivity contribution >= 4 is 0 Å². The number of rotatable bonds is 3. The van der Waals surface area contributed by atoms with E-state index in [4.69, 9.17) is 0 Å². The lowest BCUT2D eigenvalue weighted by Crippen LogP contribution is -2.27. The van der Waals surface area contributed by atoms with E-state index in [9.17, 15) is 0 Å². The van der Waals surface area contributed by atoms with Gasteiger partial charge in [-0.05, 0) is 13.0 Å². The highest BCUT2D eigenvalue weighted by Gasteiger charge is 2.06. The summed E-state index contributed by atoms with van der Waals surface area (Å²) in [5.41, 5.74) is 0. The third-order valence-electron chi connectivity index (χ3n) is 1.17. The van der Waals surface area contributed by atoms with Crippen molar-refractivity contribution in [3.63, 3.8) is 0 Å². The number of nitrogens with one attached hydrogen (secondary N) is 1. The summed E-state index contributed by atoms with van der Waals surface area (Å²) in [6.45, 7) is 4.21. The lowest BCUT2D eigenvalue weighted by atomic mass is 10.2. The zero-order valence-corrected chi connectivity index (χ0v) is 6.55. The van der Waals surface area contributed by atoms with Gasteiger partial charge < -0.3 is 0 Å². The Morgan fingerprint density at radius 1 is 1.33 bits per heavy atom. The summed E-state index contributed by atoms with van der Waals surface area (Å²) in [6, 6.07) is 0. The van der Waals surface area contributed by atoms with Gasteiger partial charge in [0.05, 0.1) is 0 Å². The van der Waals surface area contributed by atoms with Gasteiger partial charge in [-0.1, -0.05) is 13.8 Å². The molecule has 0 aromatic carbocycles. The molecule has 0 radical (unpaired) electrons. The fourth-order valence-electron chi connectivity index (χ4n) is 0.649. The topological polar surface area (TPSA) is 36.8 Å². The lowest BCUT2D eigenvalue weighted by molar-refractivity contribution is 0.425. The Kier molecular flexibility index (Phi) is 4.22. The SMILES string of the molecule is CN=NC(NC)C(C)C. The van der Waals surface area contributed by atoms with Crippen LogP contribution in [0.4, 0.5) is 0 Å². The smallest absolute Gasteiger partial charge is 0.123 e. The van der Waals surface area contributed by atoms with Gasteiger partial charge in [0.2, 0.25) is 0 Å². The van der Waals surface area contributed by atoms with Crippen LogP contribution in [0.1, 0.15) is 13.8 Å². The predicted molar refractivity (Wildman–Crippen MR) is 38.5 cm³/mol. The second kappa shape index (κ2) is 4.44. The normalized spacial score (nSPS) is 15.2. The van der Waals surface area contributed by atoms with Gasteiger partial charge in [0, 0.05) is 7.05 Å². The maximum atomic E-state index is 3.96. The molecule has 0 aliphatic carbocycles. The van der Waals surface area contributed by atoms with Crippen LogP contribution in [-0.2, 0) is 0 Å². The molecule has 0 aromatic heterocycles. The molecule has 3 heteroatoms. The van der Waals surface area contributed by atoms with E-state index in [0.717, 1.165) is 0 Å². The molecule has 0 spiro atoms. The Hall–Kier alpha value is -0.440. The second-order valence-corrected chi connectivity index (χ2v) is 2.29. The Labute approximate surface area is 56.6 Å². The van der Waals surface area contributed by atoms with Gasteiger partial charge in [-0.3, -0.25) is 5.32 Å². The fraction of sp³-hybridized carbons (Fsp3) is 1.00. The van der Waals surface area contributed by atoms with E-state index < -0.39 is 0 Å². The quantitative estimate of drug-likeness (QED) is 0.572. The van der Waals surface area contributed by atoms with Gasteiger partial charge in [-0.2, -0.15) is 10.2 Å². The molecule has 0 aromatic rings. The van der Waals surface area contributed by atoms with Crippen LogP contribution in [0, 0.1) is 5.92 Å². The summed E-state index contributed by atoms with van der Waals surface area (Å²) in [5, 5.41) is 10.7. The van der Waals surface area contributed by atoms with Crippen LogP contribution in [0.2, 0.25) is 0 Å². The van der Waals surface area contributed by atoms with E-state index >= 15 is 0 Å². The van der Waals surface area contributed by atoms with Gasteiger partial charge >= 0.3 is 0 Å². The van der Waals surface area contributed by atoms with Crippen molar-refractivity contribution in [2.24, 2.45) is 16.1 Å². The summed E-state index contributed by atoms with van der Waals surface area (Å²) in [4.78, 5) is 0. The van der Waals surface area contributed by atoms with Crippen LogP contribution >= 0.6 is 0 Å². The van der Waals surface area contributed by atoms with Crippen LogP contribution in [0.15, 0.2) is 10.2 Å². The van der Waals surface area contributed by atoms with Gasteiger partial charge in [0.25, 0.3) is 0 Å². The summed E-state index contributed by atoms with van der Waals surface area (Å²) in [7, 11) is 3.58. The maximum absolute atomic E-state index is 3.96. The standard InChI is InChI=1S/C6H15N3/c1-5(2)6(7-3)9-8-4/h5-7H,1-4H3. The summed E-state index contributed by atoms with van der Waals surface area (Å²) in [5.74, 6) is 0.513. The van der Waals surface area contributed by atoms with E-state index in [1.807, 2.05) is 7.05 Å². The maximum Gasteiger partial charge on any atom is 0.123 e. The Morgan fingerprint density at radius 2 is 1.89 bits per heavy atom. The number of hydrogen-bond donors (Lipinski definition) is 1. The Morgan fingerprint density at radius 3 is 2.00 bits per heavy atom. The molecule has 0 saturated heterocycles.